The van der Waals surface area contributed by atoms with Gasteiger partial charge in [-0.2, -0.15) is 0 Å². The van der Waals surface area contributed by atoms with Crippen molar-refractivity contribution in [2.24, 2.45) is 0 Å². The highest BCUT2D eigenvalue weighted by Gasteiger charge is 2.20. The zero-order valence-corrected chi connectivity index (χ0v) is 14.4. The molecule has 0 heterocycles. The number of hydrogen-bond donors (Lipinski definition) is 0. The lowest BCUT2D eigenvalue weighted by Crippen LogP contribution is -2.18. The summed E-state index contributed by atoms with van der Waals surface area (Å²) < 4.78 is 0. The van der Waals surface area contributed by atoms with Crippen molar-refractivity contribution in [3.63, 3.8) is 0 Å². The Morgan fingerprint density at radius 2 is 1.41 bits per heavy atom. The normalized spacial score (nSPS) is 12.3. The van der Waals surface area contributed by atoms with Gasteiger partial charge >= 0.3 is 0 Å². The van der Waals surface area contributed by atoms with E-state index in [1.165, 1.54) is 0 Å². The Balaban J connectivity index is 2.57. The maximum atomic E-state index is 12.8. The molecule has 0 amide bonds. The quantitative estimate of drug-likeness (QED) is 0.701. The van der Waals surface area contributed by atoms with Gasteiger partial charge in [0.2, 0.25) is 0 Å². The van der Waals surface area contributed by atoms with Crippen molar-refractivity contribution >= 4 is 11.4 Å². The van der Waals surface area contributed by atoms with E-state index in [2.05, 4.69) is 46.9 Å². The van der Waals surface area contributed by atoms with Crippen LogP contribution in [-0.4, -0.2) is 0 Å². The zero-order valence-electron chi connectivity index (χ0n) is 14.4. The topological polar surface area (TPSA) is 37.2 Å². The van der Waals surface area contributed by atoms with E-state index in [9.17, 15) is 5.11 Å². The van der Waals surface area contributed by atoms with Crippen molar-refractivity contribution < 1.29 is 5.11 Å². The Labute approximate surface area is 134 Å². The minimum Gasteiger partial charge on any atom is -0.873 e. The van der Waals surface area contributed by atoms with Crippen molar-refractivity contribution in [3.05, 3.63) is 58.9 Å². The Hall–Kier alpha value is -1.96. The largest absolute Gasteiger partial charge is 0.873 e. The van der Waals surface area contributed by atoms with E-state index >= 15 is 0 Å². The fourth-order valence-electron chi connectivity index (χ4n) is 2.33. The third-order valence-corrected chi connectivity index (χ3v) is 3.75. The summed E-state index contributed by atoms with van der Waals surface area (Å²) in [6.07, 6.45) is 0. The summed E-state index contributed by atoms with van der Waals surface area (Å²) in [6.45, 7) is 12.7. The van der Waals surface area contributed by atoms with Gasteiger partial charge in [0, 0.05) is 0 Å². The van der Waals surface area contributed by atoms with Crippen molar-refractivity contribution in [2.45, 2.75) is 52.4 Å². The maximum Gasteiger partial charge on any atom is -0.0132 e. The van der Waals surface area contributed by atoms with E-state index in [1.54, 1.807) is 0 Å². The monoisotopic (exact) mass is 295 g/mol. The molecule has 2 nitrogen and oxygen atoms in total. The van der Waals surface area contributed by atoms with Crippen LogP contribution in [0.4, 0.5) is 11.4 Å². The smallest absolute Gasteiger partial charge is 0.0132 e. The van der Waals surface area contributed by atoms with Crippen LogP contribution in [0.5, 0.6) is 5.75 Å². The molecule has 0 N–H and O–H groups in total. The molecular formula is C20H25NO-2. The second-order valence-corrected chi connectivity index (χ2v) is 7.82. The van der Waals surface area contributed by atoms with Crippen LogP contribution in [0.3, 0.4) is 0 Å². The highest BCUT2D eigenvalue weighted by atomic mass is 16.3. The summed E-state index contributed by atoms with van der Waals surface area (Å²) in [5, 5.41) is 17.4. The van der Waals surface area contributed by atoms with Crippen LogP contribution in [0, 0.1) is 0 Å². The third-order valence-electron chi connectivity index (χ3n) is 3.75. The van der Waals surface area contributed by atoms with Gasteiger partial charge in [0.15, 0.2) is 0 Å². The summed E-state index contributed by atoms with van der Waals surface area (Å²) in [5.74, 6) is 0.0318. The summed E-state index contributed by atoms with van der Waals surface area (Å²) in [4.78, 5) is 0. The molecule has 0 aliphatic rings. The first kappa shape index (κ1) is 16.4. The van der Waals surface area contributed by atoms with Gasteiger partial charge in [-0.05, 0) is 16.4 Å². The van der Waals surface area contributed by atoms with E-state index < -0.39 is 0 Å². The summed E-state index contributed by atoms with van der Waals surface area (Å²) in [5.41, 5.74) is 3.10. The van der Waals surface area contributed by atoms with E-state index in [0.29, 0.717) is 5.69 Å². The molecule has 0 bridgehead atoms. The average molecular weight is 295 g/mol. The highest BCUT2D eigenvalue weighted by Crippen LogP contribution is 2.44. The number of para-hydroxylation sites is 1. The van der Waals surface area contributed by atoms with Crippen LogP contribution >= 0.6 is 0 Å². The van der Waals surface area contributed by atoms with Gasteiger partial charge < -0.3 is 10.4 Å². The highest BCUT2D eigenvalue weighted by molar-refractivity contribution is 5.74. The first-order chi connectivity index (χ1) is 10.1. The van der Waals surface area contributed by atoms with Crippen LogP contribution in [-0.2, 0) is 10.8 Å². The lowest BCUT2D eigenvalue weighted by molar-refractivity contribution is -0.268. The molecule has 0 aliphatic carbocycles. The predicted octanol–water partition coefficient (Wildman–Crippen LogP) is 5.69. The molecule has 2 rings (SSSR count). The first-order valence-electron chi connectivity index (χ1n) is 7.72. The number of rotatable bonds is 2. The number of benzene rings is 2. The Morgan fingerprint density at radius 1 is 0.818 bits per heavy atom. The van der Waals surface area contributed by atoms with Crippen molar-refractivity contribution in [1.82, 2.24) is 0 Å². The molecule has 2 heteroatoms. The Kier molecular flexibility index (Phi) is 4.23. The fourth-order valence-corrected chi connectivity index (χ4v) is 2.33. The maximum absolute atomic E-state index is 12.8. The van der Waals surface area contributed by atoms with Crippen LogP contribution in [0.2, 0.25) is 0 Å². The van der Waals surface area contributed by atoms with E-state index in [0.717, 1.165) is 16.8 Å². The fraction of sp³-hybridized carbons (Fsp3) is 0.400. The van der Waals surface area contributed by atoms with Crippen LogP contribution in [0.25, 0.3) is 5.32 Å². The molecule has 0 saturated heterocycles. The molecule has 2 aromatic carbocycles. The third kappa shape index (κ3) is 3.62. The zero-order chi connectivity index (χ0) is 16.5. The van der Waals surface area contributed by atoms with Crippen LogP contribution in [0.1, 0.15) is 52.7 Å². The van der Waals surface area contributed by atoms with Gasteiger partial charge in [0.05, 0.1) is 0 Å². The minimum absolute atomic E-state index is 0.0192. The van der Waals surface area contributed by atoms with E-state index in [1.807, 2.05) is 42.5 Å². The van der Waals surface area contributed by atoms with Crippen LogP contribution in [0.15, 0.2) is 42.5 Å². The second-order valence-electron chi connectivity index (χ2n) is 7.82. The molecule has 0 radical (unpaired) electrons. The SMILES string of the molecule is CC(C)(C)c1cc([N-]c2ccccc2)c([O-])c(C(C)(C)C)c1. The molecular weight excluding hydrogens is 270 g/mol. The van der Waals surface area contributed by atoms with Gasteiger partial charge in [-0.25, -0.2) is 0 Å². The van der Waals surface area contributed by atoms with Gasteiger partial charge in [-0.3, -0.25) is 0 Å². The molecule has 0 saturated carbocycles. The van der Waals surface area contributed by atoms with Gasteiger partial charge in [-0.15, -0.1) is 17.1 Å². The summed E-state index contributed by atoms with van der Waals surface area (Å²) in [7, 11) is 0. The molecule has 0 atom stereocenters. The molecule has 2 aromatic rings. The van der Waals surface area contributed by atoms with Crippen molar-refractivity contribution in [3.8, 4) is 5.75 Å². The first-order valence-corrected chi connectivity index (χ1v) is 7.72. The molecule has 0 spiro atoms. The summed E-state index contributed by atoms with van der Waals surface area (Å²) in [6, 6.07) is 13.6. The van der Waals surface area contributed by atoms with Gasteiger partial charge in [0.1, 0.15) is 0 Å². The average Bonchev–Trinajstić information content (AvgIpc) is 2.39. The molecule has 0 aliphatic heterocycles. The minimum atomic E-state index is -0.195. The van der Waals surface area contributed by atoms with E-state index in [4.69, 9.17) is 0 Å². The standard InChI is InChI=1S/C20H26NO/c1-19(2,3)14-12-16(20(4,5)6)18(22)17(13-14)21-15-10-8-7-9-11-15/h7-13,22H,1-6H3/q-1/p-1. The second kappa shape index (κ2) is 5.68. The molecule has 22 heavy (non-hydrogen) atoms. The Bertz CT molecular complexity index is 646. The molecule has 0 fully saturated rings. The van der Waals surface area contributed by atoms with Crippen LogP contribution < -0.4 is 5.11 Å². The van der Waals surface area contributed by atoms with Gasteiger partial charge in [-0.1, -0.05) is 89.6 Å². The molecule has 0 unspecified atom stereocenters. The predicted molar refractivity (Wildman–Crippen MR) is 92.4 cm³/mol. The lowest BCUT2D eigenvalue weighted by Gasteiger charge is -2.37. The molecule has 0 aromatic heterocycles. The van der Waals surface area contributed by atoms with E-state index in [-0.39, 0.29) is 16.6 Å². The molecule has 118 valence electrons. The van der Waals surface area contributed by atoms with Crippen molar-refractivity contribution in [2.75, 3.05) is 0 Å². The number of hydrogen-bond acceptors (Lipinski definition) is 1. The summed E-state index contributed by atoms with van der Waals surface area (Å²) >= 11 is 0. The number of nitrogens with zero attached hydrogens (tertiary/aromatic N) is 1. The lowest BCUT2D eigenvalue weighted by atomic mass is 9.79. The van der Waals surface area contributed by atoms with Crippen molar-refractivity contribution in [1.29, 1.82) is 0 Å². The van der Waals surface area contributed by atoms with Gasteiger partial charge in [0.25, 0.3) is 0 Å². The Morgan fingerprint density at radius 3 is 1.91 bits per heavy atom.